The number of nitrogens with two attached hydrogens (primary N) is 2. The summed E-state index contributed by atoms with van der Waals surface area (Å²) >= 11 is 0. The molecule has 0 bridgehead atoms. The molecule has 1 fully saturated rings. The standard InChI is InChI=1S/C12H25N3O2/c1-12(2,3)10(16)5-8-4-9(13)7-15(6-8)11(14)17/h8-10,16H,4-7,13H2,1-3H3,(H2,14,17). The van der Waals surface area contributed by atoms with Gasteiger partial charge in [0.25, 0.3) is 0 Å². The highest BCUT2D eigenvalue weighted by atomic mass is 16.3. The Kier molecular flexibility index (Phi) is 4.38. The number of primary amides is 1. The van der Waals surface area contributed by atoms with E-state index in [-0.39, 0.29) is 23.5 Å². The third-order valence-electron chi connectivity index (χ3n) is 3.44. The van der Waals surface area contributed by atoms with Crippen molar-refractivity contribution in [2.75, 3.05) is 13.1 Å². The van der Waals surface area contributed by atoms with Gasteiger partial charge in [-0.2, -0.15) is 0 Å². The van der Waals surface area contributed by atoms with Crippen molar-refractivity contribution < 1.29 is 9.90 Å². The normalized spacial score (nSPS) is 27.9. The van der Waals surface area contributed by atoms with Crippen molar-refractivity contribution in [2.24, 2.45) is 22.8 Å². The minimum absolute atomic E-state index is 0.0339. The van der Waals surface area contributed by atoms with Crippen molar-refractivity contribution in [3.8, 4) is 0 Å². The van der Waals surface area contributed by atoms with Crippen LogP contribution in [0.1, 0.15) is 33.6 Å². The second kappa shape index (κ2) is 5.23. The first kappa shape index (κ1) is 14.3. The number of aliphatic hydroxyl groups is 1. The summed E-state index contributed by atoms with van der Waals surface area (Å²) in [7, 11) is 0. The number of carbonyl (C=O) groups is 1. The Morgan fingerprint density at radius 2 is 2.06 bits per heavy atom. The number of carbonyl (C=O) groups excluding carboxylic acids is 1. The van der Waals surface area contributed by atoms with Crippen LogP contribution >= 0.6 is 0 Å². The maximum atomic E-state index is 11.2. The summed E-state index contributed by atoms with van der Waals surface area (Å²) in [6.45, 7) is 7.15. The van der Waals surface area contributed by atoms with E-state index in [0.717, 1.165) is 6.42 Å². The van der Waals surface area contributed by atoms with E-state index in [1.807, 2.05) is 20.8 Å². The molecule has 1 aliphatic rings. The topological polar surface area (TPSA) is 92.6 Å². The molecular weight excluding hydrogens is 218 g/mol. The van der Waals surface area contributed by atoms with Crippen molar-refractivity contribution in [1.82, 2.24) is 4.90 Å². The lowest BCUT2D eigenvalue weighted by Crippen LogP contribution is -2.52. The van der Waals surface area contributed by atoms with E-state index in [0.29, 0.717) is 19.5 Å². The van der Waals surface area contributed by atoms with E-state index in [4.69, 9.17) is 11.5 Å². The second-order valence-corrected chi connectivity index (χ2v) is 6.22. The quantitative estimate of drug-likeness (QED) is 0.660. The van der Waals surface area contributed by atoms with E-state index in [9.17, 15) is 9.90 Å². The van der Waals surface area contributed by atoms with Crippen LogP contribution in [0.5, 0.6) is 0 Å². The Morgan fingerprint density at radius 1 is 1.47 bits per heavy atom. The lowest BCUT2D eigenvalue weighted by Gasteiger charge is -2.38. The largest absolute Gasteiger partial charge is 0.393 e. The zero-order valence-electron chi connectivity index (χ0n) is 11.0. The summed E-state index contributed by atoms with van der Waals surface area (Å²) in [5.74, 6) is 0.237. The highest BCUT2D eigenvalue weighted by molar-refractivity contribution is 5.72. The van der Waals surface area contributed by atoms with Gasteiger partial charge in [0, 0.05) is 19.1 Å². The lowest BCUT2D eigenvalue weighted by molar-refractivity contribution is 0.0286. The summed E-state index contributed by atoms with van der Waals surface area (Å²) in [4.78, 5) is 12.7. The molecule has 2 amide bonds. The molecule has 0 aliphatic carbocycles. The number of urea groups is 1. The molecule has 3 unspecified atom stereocenters. The van der Waals surface area contributed by atoms with Gasteiger partial charge in [0.15, 0.2) is 0 Å². The molecule has 1 heterocycles. The van der Waals surface area contributed by atoms with Crippen molar-refractivity contribution in [2.45, 2.75) is 45.8 Å². The van der Waals surface area contributed by atoms with Crippen LogP contribution in [0.15, 0.2) is 0 Å². The number of hydrogen-bond acceptors (Lipinski definition) is 3. The Bertz CT molecular complexity index is 275. The predicted molar refractivity (Wildman–Crippen MR) is 67.3 cm³/mol. The summed E-state index contributed by atoms with van der Waals surface area (Å²) in [6, 6.07) is -0.455. The van der Waals surface area contributed by atoms with Crippen LogP contribution in [0, 0.1) is 11.3 Å². The zero-order valence-corrected chi connectivity index (χ0v) is 11.0. The molecule has 3 atom stereocenters. The van der Waals surface area contributed by atoms with Gasteiger partial charge in [0.1, 0.15) is 0 Å². The third kappa shape index (κ3) is 4.16. The zero-order chi connectivity index (χ0) is 13.2. The Morgan fingerprint density at radius 3 is 2.53 bits per heavy atom. The maximum absolute atomic E-state index is 11.2. The number of likely N-dealkylation sites (tertiary alicyclic amines) is 1. The van der Waals surface area contributed by atoms with Crippen LogP contribution in [0.2, 0.25) is 0 Å². The molecule has 17 heavy (non-hydrogen) atoms. The molecule has 0 radical (unpaired) electrons. The molecule has 0 saturated carbocycles. The number of aliphatic hydroxyl groups excluding tert-OH is 1. The fraction of sp³-hybridized carbons (Fsp3) is 0.917. The van der Waals surface area contributed by atoms with Gasteiger partial charge in [-0.15, -0.1) is 0 Å². The number of nitrogens with zero attached hydrogens (tertiary/aromatic N) is 1. The highest BCUT2D eigenvalue weighted by Gasteiger charge is 2.31. The molecular formula is C12H25N3O2. The van der Waals surface area contributed by atoms with Gasteiger partial charge in [-0.25, -0.2) is 4.79 Å². The van der Waals surface area contributed by atoms with Crippen LogP contribution in [-0.2, 0) is 0 Å². The van der Waals surface area contributed by atoms with Gasteiger partial charge in [-0.05, 0) is 24.2 Å². The van der Waals surface area contributed by atoms with E-state index < -0.39 is 6.03 Å². The van der Waals surface area contributed by atoms with Gasteiger partial charge in [0.05, 0.1) is 6.10 Å². The van der Waals surface area contributed by atoms with Gasteiger partial charge >= 0.3 is 6.03 Å². The van der Waals surface area contributed by atoms with Crippen molar-refractivity contribution in [1.29, 1.82) is 0 Å². The summed E-state index contributed by atoms with van der Waals surface area (Å²) in [5.41, 5.74) is 11.0. The summed E-state index contributed by atoms with van der Waals surface area (Å²) < 4.78 is 0. The molecule has 5 nitrogen and oxygen atoms in total. The average molecular weight is 243 g/mol. The van der Waals surface area contributed by atoms with Crippen molar-refractivity contribution in [3.63, 3.8) is 0 Å². The van der Waals surface area contributed by atoms with Crippen LogP contribution < -0.4 is 11.5 Å². The van der Waals surface area contributed by atoms with Gasteiger partial charge < -0.3 is 21.5 Å². The van der Waals surface area contributed by atoms with Crippen LogP contribution in [0.3, 0.4) is 0 Å². The van der Waals surface area contributed by atoms with Crippen LogP contribution in [-0.4, -0.2) is 41.3 Å². The number of hydrogen-bond donors (Lipinski definition) is 3. The maximum Gasteiger partial charge on any atom is 0.314 e. The Balaban J connectivity index is 2.56. The summed E-state index contributed by atoms with van der Waals surface area (Å²) in [6.07, 6.45) is 1.13. The first-order valence-electron chi connectivity index (χ1n) is 6.18. The average Bonchev–Trinajstić information content (AvgIpc) is 2.14. The van der Waals surface area contributed by atoms with E-state index in [1.54, 1.807) is 4.90 Å². The van der Waals surface area contributed by atoms with Crippen molar-refractivity contribution >= 4 is 6.03 Å². The third-order valence-corrected chi connectivity index (χ3v) is 3.44. The van der Waals surface area contributed by atoms with Gasteiger partial charge in [0.2, 0.25) is 0 Å². The minimum Gasteiger partial charge on any atom is -0.393 e. The molecule has 0 aromatic heterocycles. The minimum atomic E-state index is -0.421. The fourth-order valence-corrected chi connectivity index (χ4v) is 2.27. The predicted octanol–water partition coefficient (Wildman–Crippen LogP) is 0.511. The SMILES string of the molecule is CC(C)(C)C(O)CC1CC(N)CN(C(N)=O)C1. The first-order chi connectivity index (χ1) is 7.70. The van der Waals surface area contributed by atoms with Crippen LogP contribution in [0.4, 0.5) is 4.79 Å². The molecule has 0 aromatic carbocycles. The van der Waals surface area contributed by atoms with E-state index in [1.165, 1.54) is 0 Å². The molecule has 100 valence electrons. The molecule has 0 spiro atoms. The van der Waals surface area contributed by atoms with Crippen LogP contribution in [0.25, 0.3) is 0 Å². The molecule has 1 saturated heterocycles. The monoisotopic (exact) mass is 243 g/mol. The molecule has 5 heteroatoms. The lowest BCUT2D eigenvalue weighted by atomic mass is 9.80. The smallest absolute Gasteiger partial charge is 0.314 e. The van der Waals surface area contributed by atoms with E-state index in [2.05, 4.69) is 0 Å². The summed E-state index contributed by atoms with van der Waals surface area (Å²) in [5, 5.41) is 10.1. The van der Waals surface area contributed by atoms with Gasteiger partial charge in [-0.3, -0.25) is 0 Å². The second-order valence-electron chi connectivity index (χ2n) is 6.22. The molecule has 0 aromatic rings. The van der Waals surface area contributed by atoms with Crippen molar-refractivity contribution in [3.05, 3.63) is 0 Å². The van der Waals surface area contributed by atoms with Gasteiger partial charge in [-0.1, -0.05) is 20.8 Å². The Labute approximate surface area is 103 Å². The molecule has 5 N–H and O–H groups in total. The number of amides is 2. The number of piperidine rings is 1. The number of rotatable bonds is 2. The van der Waals surface area contributed by atoms with E-state index >= 15 is 0 Å². The fourth-order valence-electron chi connectivity index (χ4n) is 2.27. The first-order valence-corrected chi connectivity index (χ1v) is 6.18. The highest BCUT2D eigenvalue weighted by Crippen LogP contribution is 2.28. The molecule has 1 rings (SSSR count). The molecule has 1 aliphatic heterocycles. The Hall–Kier alpha value is -0.810.